The lowest BCUT2D eigenvalue weighted by Gasteiger charge is -2.43. The molecule has 1 heterocycles. The lowest BCUT2D eigenvalue weighted by Crippen LogP contribution is -2.52. The van der Waals surface area contributed by atoms with Crippen molar-refractivity contribution in [3.63, 3.8) is 0 Å². The summed E-state index contributed by atoms with van der Waals surface area (Å²) in [4.78, 5) is 27.9. The van der Waals surface area contributed by atoms with Gasteiger partial charge in [0.25, 0.3) is 0 Å². The van der Waals surface area contributed by atoms with Gasteiger partial charge in [-0.05, 0) is 50.0 Å². The van der Waals surface area contributed by atoms with Crippen LogP contribution >= 0.6 is 0 Å². The molecule has 0 unspecified atom stereocenters. The standard InChI is InChI=1S/C25H30N4O.CH3NO2/c1-4-20(2)19-26-21(3)28-25(22-11-7-5-8-12-22)15-17-29(18-16-25)24(30)27-23-13-9-6-10-14-23;3-1-2-4/h4-14,19,28H,3,15-18H2,1-2H3,(H,27,30);1,4H,(H,2,3)/b20-4-,26-19-;. The Bertz CT molecular complexity index is 982. The molecule has 34 heavy (non-hydrogen) atoms. The number of allylic oxidation sites excluding steroid dienone is 2. The van der Waals surface area contributed by atoms with Crippen molar-refractivity contribution in [2.45, 2.75) is 32.2 Å². The quantitative estimate of drug-likeness (QED) is 0.211. The maximum Gasteiger partial charge on any atom is 0.321 e. The van der Waals surface area contributed by atoms with Crippen molar-refractivity contribution in [2.24, 2.45) is 4.99 Å². The third kappa shape index (κ3) is 7.90. The van der Waals surface area contributed by atoms with Crippen molar-refractivity contribution < 1.29 is 14.8 Å². The summed E-state index contributed by atoms with van der Waals surface area (Å²) in [5, 5.41) is 13.8. The molecule has 8 heteroatoms. The van der Waals surface area contributed by atoms with E-state index in [1.54, 1.807) is 0 Å². The van der Waals surface area contributed by atoms with E-state index in [9.17, 15) is 4.79 Å². The number of piperidine rings is 1. The van der Waals surface area contributed by atoms with Gasteiger partial charge in [0.1, 0.15) is 5.82 Å². The fourth-order valence-corrected chi connectivity index (χ4v) is 3.62. The molecule has 0 bridgehead atoms. The van der Waals surface area contributed by atoms with Crippen LogP contribution in [0, 0.1) is 0 Å². The van der Waals surface area contributed by atoms with Gasteiger partial charge in [0.15, 0.2) is 0 Å². The number of carbonyl (C=O) groups excluding carboxylic acids is 2. The Kier molecular flexibility index (Phi) is 10.5. The van der Waals surface area contributed by atoms with E-state index in [0.29, 0.717) is 18.9 Å². The maximum atomic E-state index is 12.7. The van der Waals surface area contributed by atoms with E-state index in [2.05, 4.69) is 34.3 Å². The summed E-state index contributed by atoms with van der Waals surface area (Å²) in [5.41, 5.74) is 4.03. The van der Waals surface area contributed by atoms with Crippen molar-refractivity contribution in [1.82, 2.24) is 15.7 Å². The average molecular weight is 464 g/mol. The van der Waals surface area contributed by atoms with Crippen LogP contribution in [-0.2, 0) is 10.3 Å². The second kappa shape index (κ2) is 13.6. The molecule has 0 spiro atoms. The Balaban J connectivity index is 0.000000945. The number of nitrogens with zero attached hydrogens (tertiary/aromatic N) is 2. The Morgan fingerprint density at radius 2 is 1.65 bits per heavy atom. The Hall–Kier alpha value is -3.91. The molecule has 2 aromatic carbocycles. The Morgan fingerprint density at radius 3 is 2.18 bits per heavy atom. The first-order valence-corrected chi connectivity index (χ1v) is 11.1. The monoisotopic (exact) mass is 463 g/mol. The topological polar surface area (TPSA) is 106 Å². The number of urea groups is 1. The Labute approximate surface area is 201 Å². The van der Waals surface area contributed by atoms with Gasteiger partial charge in [-0.25, -0.2) is 15.3 Å². The summed E-state index contributed by atoms with van der Waals surface area (Å²) in [6.07, 6.45) is 5.55. The normalized spacial score (nSPS) is 15.0. The first-order chi connectivity index (χ1) is 16.4. The molecule has 3 amide bonds. The average Bonchev–Trinajstić information content (AvgIpc) is 2.88. The zero-order valence-corrected chi connectivity index (χ0v) is 19.7. The van der Waals surface area contributed by atoms with Crippen LogP contribution in [0.5, 0.6) is 0 Å². The number of aliphatic imine (C=N–C) groups is 1. The van der Waals surface area contributed by atoms with E-state index >= 15 is 0 Å². The molecule has 2 aromatic rings. The van der Waals surface area contributed by atoms with Crippen LogP contribution in [0.3, 0.4) is 0 Å². The van der Waals surface area contributed by atoms with Crippen LogP contribution < -0.4 is 16.1 Å². The lowest BCUT2D eigenvalue weighted by molar-refractivity contribution is -0.116. The fourth-order valence-electron chi connectivity index (χ4n) is 3.62. The van der Waals surface area contributed by atoms with Gasteiger partial charge in [-0.15, -0.1) is 0 Å². The number of benzene rings is 2. The number of anilines is 1. The van der Waals surface area contributed by atoms with Gasteiger partial charge >= 0.3 is 6.03 Å². The summed E-state index contributed by atoms with van der Waals surface area (Å²) in [7, 11) is 0. The van der Waals surface area contributed by atoms with E-state index < -0.39 is 0 Å². The molecule has 1 aliphatic heterocycles. The van der Waals surface area contributed by atoms with Crippen LogP contribution in [0.1, 0.15) is 32.3 Å². The molecule has 4 N–H and O–H groups in total. The molecule has 0 saturated carbocycles. The molecule has 1 fully saturated rings. The highest BCUT2D eigenvalue weighted by molar-refractivity contribution is 5.89. The first kappa shape index (κ1) is 26.3. The third-order valence-electron chi connectivity index (χ3n) is 5.57. The number of hydroxylamine groups is 1. The van der Waals surface area contributed by atoms with Crippen LogP contribution in [0.25, 0.3) is 0 Å². The van der Waals surface area contributed by atoms with E-state index in [4.69, 9.17) is 10.0 Å². The number of nitrogens with one attached hydrogen (secondary N) is 3. The van der Waals surface area contributed by atoms with Crippen LogP contribution in [0.4, 0.5) is 10.5 Å². The van der Waals surface area contributed by atoms with Crippen molar-refractivity contribution in [3.05, 3.63) is 90.3 Å². The zero-order valence-electron chi connectivity index (χ0n) is 19.7. The summed E-state index contributed by atoms with van der Waals surface area (Å²) in [6.45, 7) is 9.39. The molecule has 1 saturated heterocycles. The summed E-state index contributed by atoms with van der Waals surface area (Å²) < 4.78 is 0. The van der Waals surface area contributed by atoms with Crippen LogP contribution in [-0.4, -0.2) is 41.9 Å². The summed E-state index contributed by atoms with van der Waals surface area (Å²) in [6, 6.07) is 19.8. The second-order valence-corrected chi connectivity index (χ2v) is 7.84. The second-order valence-electron chi connectivity index (χ2n) is 7.84. The molecule has 3 rings (SSSR count). The van der Waals surface area contributed by atoms with Crippen LogP contribution in [0.15, 0.2) is 89.7 Å². The molecular formula is C26H33N5O3. The van der Waals surface area contributed by atoms with Gasteiger partial charge in [0.2, 0.25) is 6.41 Å². The fraction of sp³-hybridized carbons (Fsp3) is 0.269. The molecule has 1 aliphatic rings. The number of amides is 3. The van der Waals surface area contributed by atoms with Crippen LogP contribution in [0.2, 0.25) is 0 Å². The SMILES string of the molecule is C=C(/N=C\C(C)=C/C)NC1(c2ccccc2)CCN(C(=O)Nc2ccccc2)CC1.O=CNO. The number of rotatable bonds is 7. The minimum absolute atomic E-state index is 0.0663. The number of carbonyl (C=O) groups is 2. The highest BCUT2D eigenvalue weighted by Gasteiger charge is 2.37. The minimum atomic E-state index is -0.303. The van der Waals surface area contributed by atoms with Crippen molar-refractivity contribution in [1.29, 1.82) is 0 Å². The summed E-state index contributed by atoms with van der Waals surface area (Å²) >= 11 is 0. The van der Waals surface area contributed by atoms with E-state index in [0.717, 1.165) is 24.1 Å². The number of hydrogen-bond acceptors (Lipinski definition) is 5. The van der Waals surface area contributed by atoms with Gasteiger partial charge in [0, 0.05) is 25.0 Å². The molecule has 0 atom stereocenters. The van der Waals surface area contributed by atoms with Crippen molar-refractivity contribution in [3.8, 4) is 0 Å². The molecule has 0 aliphatic carbocycles. The number of hydrogen-bond donors (Lipinski definition) is 4. The van der Waals surface area contributed by atoms with Crippen molar-refractivity contribution >= 4 is 24.3 Å². The smallest absolute Gasteiger partial charge is 0.321 e. The van der Waals surface area contributed by atoms with E-state index in [1.165, 1.54) is 11.0 Å². The zero-order chi connectivity index (χ0) is 24.8. The highest BCUT2D eigenvalue weighted by Crippen LogP contribution is 2.34. The minimum Gasteiger partial charge on any atom is -0.361 e. The van der Waals surface area contributed by atoms with Gasteiger partial charge in [-0.1, -0.05) is 61.2 Å². The molecule has 8 nitrogen and oxygen atoms in total. The Morgan fingerprint density at radius 1 is 1.09 bits per heavy atom. The molecule has 0 aromatic heterocycles. The van der Waals surface area contributed by atoms with E-state index in [-0.39, 0.29) is 18.0 Å². The van der Waals surface area contributed by atoms with Gasteiger partial charge in [-0.2, -0.15) is 0 Å². The lowest BCUT2D eigenvalue weighted by atomic mass is 9.81. The maximum absolute atomic E-state index is 12.7. The van der Waals surface area contributed by atoms with E-state index in [1.807, 2.05) is 79.6 Å². The predicted octanol–water partition coefficient (Wildman–Crippen LogP) is 4.43. The summed E-state index contributed by atoms with van der Waals surface area (Å²) in [5.74, 6) is 0.627. The largest absolute Gasteiger partial charge is 0.361 e. The van der Waals surface area contributed by atoms with Gasteiger partial charge in [0.05, 0.1) is 5.54 Å². The molecule has 0 radical (unpaired) electrons. The highest BCUT2D eigenvalue weighted by atomic mass is 16.5. The van der Waals surface area contributed by atoms with Gasteiger partial charge < -0.3 is 15.5 Å². The number of para-hydroxylation sites is 1. The number of likely N-dealkylation sites (tertiary alicyclic amines) is 1. The first-order valence-electron chi connectivity index (χ1n) is 11.1. The molecular weight excluding hydrogens is 430 g/mol. The van der Waals surface area contributed by atoms with Crippen molar-refractivity contribution in [2.75, 3.05) is 18.4 Å². The van der Waals surface area contributed by atoms with Gasteiger partial charge in [-0.3, -0.25) is 10.0 Å². The third-order valence-corrected chi connectivity index (χ3v) is 5.57. The predicted molar refractivity (Wildman–Crippen MR) is 136 cm³/mol. The molecule has 180 valence electrons.